The van der Waals surface area contributed by atoms with Gasteiger partial charge in [-0.2, -0.15) is 0 Å². The molecule has 0 atom stereocenters. The standard InChI is InChI=1S/C33H22FI/c1-2-5-23-8-15-27(16-9-23)30-21-32(34)31(33(35)22-30)19-12-24-10-13-26(14-11-24)29-18-17-25-6-3-4-7-28(25)20-29/h2-11,13-18,20-22H,1H3/b5-2+. The molecule has 5 rings (SSSR count). The van der Waals surface area contributed by atoms with Gasteiger partial charge < -0.3 is 0 Å². The number of benzene rings is 5. The van der Waals surface area contributed by atoms with E-state index in [0.717, 1.165) is 37.0 Å². The Morgan fingerprint density at radius 2 is 1.31 bits per heavy atom. The van der Waals surface area contributed by atoms with E-state index in [4.69, 9.17) is 0 Å². The first-order valence-electron chi connectivity index (χ1n) is 11.4. The third-order valence-corrected chi connectivity index (χ3v) is 6.80. The molecule has 0 aliphatic carbocycles. The largest absolute Gasteiger partial charge is 0.206 e. The second-order valence-electron chi connectivity index (χ2n) is 8.33. The zero-order valence-electron chi connectivity index (χ0n) is 19.2. The van der Waals surface area contributed by atoms with Crippen LogP contribution in [-0.4, -0.2) is 0 Å². The lowest BCUT2D eigenvalue weighted by atomic mass is 10.00. The topological polar surface area (TPSA) is 0 Å². The maximum Gasteiger partial charge on any atom is 0.140 e. The van der Waals surface area contributed by atoms with E-state index in [1.807, 2.05) is 61.5 Å². The van der Waals surface area contributed by atoms with Crippen LogP contribution in [0.2, 0.25) is 0 Å². The molecule has 0 radical (unpaired) electrons. The van der Waals surface area contributed by atoms with Crippen LogP contribution in [0.4, 0.5) is 4.39 Å². The lowest BCUT2D eigenvalue weighted by Crippen LogP contribution is -1.91. The first kappa shape index (κ1) is 23.1. The van der Waals surface area contributed by atoms with Crippen LogP contribution in [0.15, 0.2) is 109 Å². The van der Waals surface area contributed by atoms with E-state index >= 15 is 0 Å². The Balaban J connectivity index is 1.38. The van der Waals surface area contributed by atoms with Gasteiger partial charge in [0.05, 0.1) is 5.56 Å². The fourth-order valence-electron chi connectivity index (χ4n) is 4.09. The summed E-state index contributed by atoms with van der Waals surface area (Å²) in [6, 6.07) is 34.6. The van der Waals surface area contributed by atoms with Crippen molar-refractivity contribution >= 4 is 39.4 Å². The third kappa shape index (κ3) is 5.21. The van der Waals surface area contributed by atoms with Crippen molar-refractivity contribution in [3.63, 3.8) is 0 Å². The van der Waals surface area contributed by atoms with E-state index in [-0.39, 0.29) is 5.82 Å². The smallest absolute Gasteiger partial charge is 0.140 e. The second kappa shape index (κ2) is 10.3. The van der Waals surface area contributed by atoms with Crippen molar-refractivity contribution in [2.75, 3.05) is 0 Å². The number of fused-ring (bicyclic) bond motifs is 1. The average molecular weight is 564 g/mol. The first-order valence-corrected chi connectivity index (χ1v) is 12.5. The zero-order valence-corrected chi connectivity index (χ0v) is 21.4. The Hall–Kier alpha value is -3.68. The number of hydrogen-bond acceptors (Lipinski definition) is 0. The number of rotatable bonds is 3. The van der Waals surface area contributed by atoms with Crippen LogP contribution < -0.4 is 0 Å². The molecule has 2 heteroatoms. The van der Waals surface area contributed by atoms with E-state index in [1.165, 1.54) is 10.8 Å². The van der Waals surface area contributed by atoms with Crippen molar-refractivity contribution in [1.29, 1.82) is 0 Å². The van der Waals surface area contributed by atoms with Crippen molar-refractivity contribution in [2.45, 2.75) is 6.92 Å². The van der Waals surface area contributed by atoms with Gasteiger partial charge in [-0.15, -0.1) is 0 Å². The molecular weight excluding hydrogens is 542 g/mol. The predicted octanol–water partition coefficient (Wildman–Crippen LogP) is 9.35. The molecule has 0 heterocycles. The normalized spacial score (nSPS) is 10.9. The molecule has 35 heavy (non-hydrogen) atoms. The van der Waals surface area contributed by atoms with E-state index in [9.17, 15) is 4.39 Å². The van der Waals surface area contributed by atoms with Gasteiger partial charge in [0.2, 0.25) is 0 Å². The van der Waals surface area contributed by atoms with Gasteiger partial charge in [0.15, 0.2) is 0 Å². The minimum atomic E-state index is -0.301. The van der Waals surface area contributed by atoms with Gasteiger partial charge in [-0.1, -0.05) is 96.8 Å². The van der Waals surface area contributed by atoms with Gasteiger partial charge in [-0.05, 0) is 98.4 Å². The molecule has 0 aliphatic heterocycles. The molecule has 0 N–H and O–H groups in total. The highest BCUT2D eigenvalue weighted by molar-refractivity contribution is 14.1. The fourth-order valence-corrected chi connectivity index (χ4v) is 4.82. The summed E-state index contributed by atoms with van der Waals surface area (Å²) in [6.45, 7) is 1.99. The molecule has 0 aliphatic rings. The second-order valence-corrected chi connectivity index (χ2v) is 9.49. The van der Waals surface area contributed by atoms with Crippen molar-refractivity contribution in [2.24, 2.45) is 0 Å². The van der Waals surface area contributed by atoms with Crippen LogP contribution in [-0.2, 0) is 0 Å². The molecule has 0 bridgehead atoms. The molecule has 5 aromatic rings. The molecule has 0 saturated heterocycles. The van der Waals surface area contributed by atoms with Gasteiger partial charge in [-0.3, -0.25) is 0 Å². The Labute approximate surface area is 219 Å². The highest BCUT2D eigenvalue weighted by Gasteiger charge is 2.09. The summed E-state index contributed by atoms with van der Waals surface area (Å²) in [6.07, 6.45) is 4.04. The van der Waals surface area contributed by atoms with Crippen LogP contribution in [0.25, 0.3) is 39.1 Å². The van der Waals surface area contributed by atoms with Crippen molar-refractivity contribution in [1.82, 2.24) is 0 Å². The zero-order chi connectivity index (χ0) is 24.2. The Bertz CT molecular complexity index is 1570. The van der Waals surface area contributed by atoms with Gasteiger partial charge in [-0.25, -0.2) is 4.39 Å². The Kier molecular flexibility index (Phi) is 6.79. The van der Waals surface area contributed by atoms with Gasteiger partial charge in [0, 0.05) is 9.13 Å². The lowest BCUT2D eigenvalue weighted by Gasteiger charge is -2.07. The lowest BCUT2D eigenvalue weighted by molar-refractivity contribution is 0.624. The molecule has 0 fully saturated rings. The van der Waals surface area contributed by atoms with Crippen LogP contribution in [0, 0.1) is 21.2 Å². The highest BCUT2D eigenvalue weighted by Crippen LogP contribution is 2.27. The summed E-state index contributed by atoms with van der Waals surface area (Å²) in [5.74, 6) is 5.87. The van der Waals surface area contributed by atoms with Crippen LogP contribution >= 0.6 is 22.6 Å². The molecule has 0 spiro atoms. The number of halogens is 2. The van der Waals surface area contributed by atoms with Crippen LogP contribution in [0.1, 0.15) is 23.6 Å². The minimum Gasteiger partial charge on any atom is -0.206 e. The van der Waals surface area contributed by atoms with Crippen LogP contribution in [0.3, 0.4) is 0 Å². The van der Waals surface area contributed by atoms with E-state index in [0.29, 0.717) is 5.56 Å². The Morgan fingerprint density at radius 1 is 0.657 bits per heavy atom. The molecule has 168 valence electrons. The molecule has 0 aromatic heterocycles. The molecular formula is C33H22FI. The number of allylic oxidation sites excluding steroid dienone is 1. The molecule has 0 amide bonds. The molecule has 5 aromatic carbocycles. The first-order chi connectivity index (χ1) is 17.1. The maximum absolute atomic E-state index is 15.0. The van der Waals surface area contributed by atoms with Crippen LogP contribution in [0.5, 0.6) is 0 Å². The monoisotopic (exact) mass is 564 g/mol. The summed E-state index contributed by atoms with van der Waals surface area (Å²) in [4.78, 5) is 0. The van der Waals surface area contributed by atoms with Crippen molar-refractivity contribution in [3.05, 3.63) is 135 Å². The van der Waals surface area contributed by atoms with E-state index in [2.05, 4.69) is 89.0 Å². The Morgan fingerprint density at radius 3 is 2.03 bits per heavy atom. The molecule has 0 unspecified atom stereocenters. The van der Waals surface area contributed by atoms with Gasteiger partial charge >= 0.3 is 0 Å². The van der Waals surface area contributed by atoms with Crippen molar-refractivity contribution in [3.8, 4) is 34.1 Å². The highest BCUT2D eigenvalue weighted by atomic mass is 127. The summed E-state index contributed by atoms with van der Waals surface area (Å²) >= 11 is 2.17. The summed E-state index contributed by atoms with van der Waals surface area (Å²) < 4.78 is 15.8. The third-order valence-electron chi connectivity index (χ3n) is 5.94. The van der Waals surface area contributed by atoms with E-state index < -0.39 is 0 Å². The fraction of sp³-hybridized carbons (Fsp3) is 0.0303. The quantitative estimate of drug-likeness (QED) is 0.151. The summed E-state index contributed by atoms with van der Waals surface area (Å²) in [5.41, 5.74) is 6.54. The van der Waals surface area contributed by atoms with Gasteiger partial charge in [0.25, 0.3) is 0 Å². The SMILES string of the molecule is C/C=C/c1ccc(-c2cc(F)c(C#Cc3ccc(-c4ccc5ccccc5c4)cc3)c(I)c2)cc1. The minimum absolute atomic E-state index is 0.301. The van der Waals surface area contributed by atoms with E-state index in [1.54, 1.807) is 6.07 Å². The predicted molar refractivity (Wildman–Crippen MR) is 155 cm³/mol. The average Bonchev–Trinajstić information content (AvgIpc) is 2.89. The summed E-state index contributed by atoms with van der Waals surface area (Å²) in [5, 5.41) is 2.45. The number of hydrogen-bond donors (Lipinski definition) is 0. The molecule has 0 saturated carbocycles. The maximum atomic E-state index is 15.0. The van der Waals surface area contributed by atoms with Crippen molar-refractivity contribution < 1.29 is 4.39 Å². The van der Waals surface area contributed by atoms with Gasteiger partial charge in [0.1, 0.15) is 5.82 Å². The molecule has 0 nitrogen and oxygen atoms in total. The summed E-state index contributed by atoms with van der Waals surface area (Å²) in [7, 11) is 0.